The largest absolute Gasteiger partial charge is 0.339 e. The van der Waals surface area contributed by atoms with Gasteiger partial charge in [-0.05, 0) is 29.7 Å². The molecule has 1 saturated heterocycles. The van der Waals surface area contributed by atoms with Gasteiger partial charge in [-0.25, -0.2) is 0 Å². The lowest BCUT2D eigenvalue weighted by Gasteiger charge is -2.18. The van der Waals surface area contributed by atoms with Crippen LogP contribution in [0.2, 0.25) is 0 Å². The molecule has 1 aliphatic rings. The van der Waals surface area contributed by atoms with Crippen LogP contribution >= 0.6 is 0 Å². The molecule has 1 amide bonds. The maximum atomic E-state index is 12.8. The van der Waals surface area contributed by atoms with Crippen LogP contribution in [0.25, 0.3) is 33.2 Å². The summed E-state index contributed by atoms with van der Waals surface area (Å²) in [5.74, 6) is 0.862. The molecular weight excluding hydrogens is 380 g/mol. The molecule has 3 aromatic carbocycles. The van der Waals surface area contributed by atoms with E-state index in [2.05, 4.69) is 25.6 Å². The Morgan fingerprint density at radius 2 is 1.87 bits per heavy atom. The van der Waals surface area contributed by atoms with Crippen LogP contribution in [0.15, 0.2) is 65.2 Å². The minimum atomic E-state index is -0.145. The number of hydrogen-bond acceptors (Lipinski definition) is 6. The molecule has 146 valence electrons. The fraction of sp³-hybridized carbons (Fsp3) is 0.136. The maximum absolute atomic E-state index is 12.8. The summed E-state index contributed by atoms with van der Waals surface area (Å²) in [6.07, 6.45) is 0.340. The molecule has 8 heteroatoms. The van der Waals surface area contributed by atoms with E-state index >= 15 is 0 Å². The summed E-state index contributed by atoms with van der Waals surface area (Å²) in [6.45, 7) is 0.511. The van der Waals surface area contributed by atoms with Gasteiger partial charge in [0.2, 0.25) is 17.6 Å². The van der Waals surface area contributed by atoms with Crippen LogP contribution in [0.5, 0.6) is 0 Å². The summed E-state index contributed by atoms with van der Waals surface area (Å²) in [5.41, 5.74) is 3.21. The van der Waals surface area contributed by atoms with Crippen molar-refractivity contribution in [2.75, 3.05) is 11.4 Å². The highest BCUT2D eigenvalue weighted by molar-refractivity contribution is 6.05. The number of fused-ring (bicyclic) bond motifs is 2. The first-order valence-electron chi connectivity index (χ1n) is 9.69. The zero-order valence-corrected chi connectivity index (χ0v) is 15.8. The molecule has 2 aromatic heterocycles. The topological polar surface area (TPSA) is 101 Å². The maximum Gasteiger partial charge on any atom is 0.232 e. The minimum Gasteiger partial charge on any atom is -0.339 e. The molecule has 0 saturated carbocycles. The molecule has 1 unspecified atom stereocenters. The Balaban J connectivity index is 1.30. The van der Waals surface area contributed by atoms with Crippen molar-refractivity contribution in [2.24, 2.45) is 0 Å². The van der Waals surface area contributed by atoms with Crippen molar-refractivity contribution in [1.29, 1.82) is 0 Å². The highest BCUT2D eigenvalue weighted by Crippen LogP contribution is 2.35. The van der Waals surface area contributed by atoms with Crippen LogP contribution in [0, 0.1) is 0 Å². The molecule has 6 rings (SSSR count). The van der Waals surface area contributed by atoms with E-state index < -0.39 is 0 Å². The standard InChI is InChI=1S/C22H16N6O2/c29-20-11-15(12-28(20)19-7-3-5-13-4-1-2-6-16(13)19)22-23-21(26-30-22)14-8-9-17-18(10-14)25-27-24-17/h1-10,15H,11-12H2,(H,24,25,27). The lowest BCUT2D eigenvalue weighted by Crippen LogP contribution is -2.24. The Kier molecular flexibility index (Phi) is 3.64. The first-order valence-corrected chi connectivity index (χ1v) is 9.69. The summed E-state index contributed by atoms with van der Waals surface area (Å²) < 4.78 is 5.53. The second-order valence-corrected chi connectivity index (χ2v) is 7.39. The summed E-state index contributed by atoms with van der Waals surface area (Å²) in [6, 6.07) is 19.7. The first-order chi connectivity index (χ1) is 14.8. The van der Waals surface area contributed by atoms with Crippen molar-refractivity contribution in [2.45, 2.75) is 12.3 Å². The molecule has 0 radical (unpaired) electrons. The Hall–Kier alpha value is -4.07. The van der Waals surface area contributed by atoms with Crippen LogP contribution in [0.1, 0.15) is 18.2 Å². The number of amides is 1. The predicted octanol–water partition coefficient (Wildman–Crippen LogP) is 3.68. The van der Waals surface area contributed by atoms with Gasteiger partial charge < -0.3 is 9.42 Å². The molecule has 3 heterocycles. The van der Waals surface area contributed by atoms with Crippen LogP contribution in [0.4, 0.5) is 5.69 Å². The van der Waals surface area contributed by atoms with Crippen LogP contribution < -0.4 is 4.90 Å². The van der Waals surface area contributed by atoms with Crippen molar-refractivity contribution >= 4 is 33.4 Å². The number of anilines is 1. The van der Waals surface area contributed by atoms with E-state index in [9.17, 15) is 4.79 Å². The molecule has 0 aliphatic carbocycles. The van der Waals surface area contributed by atoms with Gasteiger partial charge in [-0.2, -0.15) is 20.4 Å². The number of nitrogens with one attached hydrogen (secondary N) is 1. The van der Waals surface area contributed by atoms with E-state index in [0.717, 1.165) is 33.1 Å². The van der Waals surface area contributed by atoms with Crippen LogP contribution in [-0.4, -0.2) is 38.0 Å². The van der Waals surface area contributed by atoms with Gasteiger partial charge in [-0.15, -0.1) is 0 Å². The Morgan fingerprint density at radius 1 is 1.00 bits per heavy atom. The summed E-state index contributed by atoms with van der Waals surface area (Å²) in [5, 5.41) is 17.0. The van der Waals surface area contributed by atoms with Crippen LogP contribution in [0.3, 0.4) is 0 Å². The molecule has 8 nitrogen and oxygen atoms in total. The first kappa shape index (κ1) is 16.8. The summed E-state index contributed by atoms with van der Waals surface area (Å²) in [4.78, 5) is 19.2. The second kappa shape index (κ2) is 6.48. The number of aromatic amines is 1. The van der Waals surface area contributed by atoms with Crippen molar-refractivity contribution < 1.29 is 9.32 Å². The molecular formula is C22H16N6O2. The van der Waals surface area contributed by atoms with Gasteiger partial charge in [-0.3, -0.25) is 4.79 Å². The van der Waals surface area contributed by atoms with Gasteiger partial charge in [0.15, 0.2) is 0 Å². The molecule has 0 spiro atoms. The fourth-order valence-electron chi connectivity index (χ4n) is 4.05. The lowest BCUT2D eigenvalue weighted by molar-refractivity contribution is -0.117. The SMILES string of the molecule is O=C1CC(c2nc(-c3ccc4n[nH]nc4c3)no2)CN1c1cccc2ccccc12. The van der Waals surface area contributed by atoms with Crippen LogP contribution in [-0.2, 0) is 4.79 Å². The third-order valence-electron chi connectivity index (χ3n) is 5.55. The summed E-state index contributed by atoms with van der Waals surface area (Å²) >= 11 is 0. The van der Waals surface area contributed by atoms with Crippen molar-refractivity contribution in [3.05, 3.63) is 66.6 Å². The smallest absolute Gasteiger partial charge is 0.232 e. The number of carbonyl (C=O) groups excluding carboxylic acids is 1. The number of rotatable bonds is 3. The Morgan fingerprint density at radius 3 is 2.83 bits per heavy atom. The molecule has 30 heavy (non-hydrogen) atoms. The molecule has 0 bridgehead atoms. The quantitative estimate of drug-likeness (QED) is 0.499. The Labute approximate surface area is 170 Å². The number of H-pyrrole nitrogens is 1. The van der Waals surface area contributed by atoms with E-state index in [0.29, 0.717) is 24.7 Å². The Bertz CT molecular complexity index is 1400. The van der Waals surface area contributed by atoms with Gasteiger partial charge in [0, 0.05) is 23.9 Å². The third-order valence-corrected chi connectivity index (χ3v) is 5.55. The van der Waals surface area contributed by atoms with E-state index in [4.69, 9.17) is 4.52 Å². The minimum absolute atomic E-state index is 0.0557. The average Bonchev–Trinajstić information content (AvgIpc) is 3.52. The normalized spacial score (nSPS) is 16.7. The zero-order chi connectivity index (χ0) is 20.1. The van der Waals surface area contributed by atoms with Gasteiger partial charge in [0.1, 0.15) is 11.0 Å². The van der Waals surface area contributed by atoms with Crippen molar-refractivity contribution in [3.8, 4) is 11.4 Å². The highest BCUT2D eigenvalue weighted by Gasteiger charge is 2.35. The van der Waals surface area contributed by atoms with E-state index in [-0.39, 0.29) is 11.8 Å². The molecule has 5 aromatic rings. The lowest BCUT2D eigenvalue weighted by atomic mass is 10.1. The van der Waals surface area contributed by atoms with Gasteiger partial charge >= 0.3 is 0 Å². The summed E-state index contributed by atoms with van der Waals surface area (Å²) in [7, 11) is 0. The molecule has 1 atom stereocenters. The van der Waals surface area contributed by atoms with E-state index in [1.54, 1.807) is 0 Å². The monoisotopic (exact) mass is 396 g/mol. The van der Waals surface area contributed by atoms with Crippen molar-refractivity contribution in [3.63, 3.8) is 0 Å². The highest BCUT2D eigenvalue weighted by atomic mass is 16.5. The van der Waals surface area contributed by atoms with Gasteiger partial charge in [0.25, 0.3) is 0 Å². The van der Waals surface area contributed by atoms with E-state index in [1.165, 1.54) is 0 Å². The van der Waals surface area contributed by atoms with Gasteiger partial charge in [-0.1, -0.05) is 41.6 Å². The number of carbonyl (C=O) groups is 1. The number of nitrogens with zero attached hydrogens (tertiary/aromatic N) is 5. The fourth-order valence-corrected chi connectivity index (χ4v) is 4.05. The third kappa shape index (κ3) is 2.65. The molecule has 1 N–H and O–H groups in total. The number of hydrogen-bond donors (Lipinski definition) is 1. The zero-order valence-electron chi connectivity index (χ0n) is 15.8. The van der Waals surface area contributed by atoms with E-state index in [1.807, 2.05) is 65.6 Å². The molecule has 1 fully saturated rings. The number of aromatic nitrogens is 5. The van der Waals surface area contributed by atoms with Gasteiger partial charge in [0.05, 0.1) is 11.6 Å². The molecule has 1 aliphatic heterocycles. The second-order valence-electron chi connectivity index (χ2n) is 7.39. The predicted molar refractivity (Wildman–Crippen MR) is 111 cm³/mol. The number of benzene rings is 3. The van der Waals surface area contributed by atoms with Crippen molar-refractivity contribution in [1.82, 2.24) is 25.6 Å². The average molecular weight is 396 g/mol.